The minimum absolute atomic E-state index is 0.0594. The van der Waals surface area contributed by atoms with Crippen molar-refractivity contribution in [2.75, 3.05) is 17.7 Å². The summed E-state index contributed by atoms with van der Waals surface area (Å²) in [6, 6.07) is 5.17. The lowest BCUT2D eigenvalue weighted by Gasteiger charge is -2.28. The zero-order valence-corrected chi connectivity index (χ0v) is 12.2. The van der Waals surface area contributed by atoms with Crippen LogP contribution in [-0.2, 0) is 4.74 Å². The van der Waals surface area contributed by atoms with Crippen molar-refractivity contribution in [1.29, 1.82) is 0 Å². The van der Waals surface area contributed by atoms with Gasteiger partial charge in [-0.2, -0.15) is 0 Å². The SMILES string of the molecule is CCCC(C)(C)Nc1cc(C(=O)OCC)ccc1N. The molecule has 0 radical (unpaired) electrons. The molecule has 0 saturated heterocycles. The molecule has 0 spiro atoms. The molecule has 0 aliphatic rings. The minimum atomic E-state index is -0.321. The molecular weight excluding hydrogens is 240 g/mol. The van der Waals surface area contributed by atoms with Crippen molar-refractivity contribution in [3.63, 3.8) is 0 Å². The van der Waals surface area contributed by atoms with Gasteiger partial charge in [0.15, 0.2) is 0 Å². The van der Waals surface area contributed by atoms with Crippen LogP contribution in [0.4, 0.5) is 11.4 Å². The smallest absolute Gasteiger partial charge is 0.338 e. The van der Waals surface area contributed by atoms with Crippen LogP contribution in [-0.4, -0.2) is 18.1 Å². The van der Waals surface area contributed by atoms with E-state index in [1.165, 1.54) is 0 Å². The molecule has 1 rings (SSSR count). The summed E-state index contributed by atoms with van der Waals surface area (Å²) in [7, 11) is 0. The zero-order chi connectivity index (χ0) is 14.5. The summed E-state index contributed by atoms with van der Waals surface area (Å²) in [5.74, 6) is -0.321. The fraction of sp³-hybridized carbons (Fsp3) is 0.533. The van der Waals surface area contributed by atoms with Crippen LogP contribution in [0.25, 0.3) is 0 Å². The average molecular weight is 264 g/mol. The molecule has 0 fully saturated rings. The number of hydrogen-bond acceptors (Lipinski definition) is 4. The van der Waals surface area contributed by atoms with Gasteiger partial charge in [-0.05, 0) is 45.4 Å². The lowest BCUT2D eigenvalue weighted by Crippen LogP contribution is -2.31. The Morgan fingerprint density at radius 2 is 2.05 bits per heavy atom. The number of carbonyl (C=O) groups excluding carboxylic acids is 1. The Balaban J connectivity index is 2.94. The summed E-state index contributed by atoms with van der Waals surface area (Å²) in [4.78, 5) is 11.7. The fourth-order valence-electron chi connectivity index (χ4n) is 2.06. The second kappa shape index (κ2) is 6.45. The highest BCUT2D eigenvalue weighted by Crippen LogP contribution is 2.26. The zero-order valence-electron chi connectivity index (χ0n) is 12.2. The molecule has 0 bridgehead atoms. The van der Waals surface area contributed by atoms with Crippen LogP contribution >= 0.6 is 0 Å². The molecule has 0 unspecified atom stereocenters. The van der Waals surface area contributed by atoms with Gasteiger partial charge in [-0.25, -0.2) is 4.79 Å². The van der Waals surface area contributed by atoms with E-state index in [2.05, 4.69) is 26.1 Å². The van der Waals surface area contributed by atoms with E-state index >= 15 is 0 Å². The quantitative estimate of drug-likeness (QED) is 0.610. The van der Waals surface area contributed by atoms with Crippen molar-refractivity contribution < 1.29 is 9.53 Å². The lowest BCUT2D eigenvalue weighted by molar-refractivity contribution is 0.0526. The first kappa shape index (κ1) is 15.3. The molecular formula is C15H24N2O2. The highest BCUT2D eigenvalue weighted by molar-refractivity contribution is 5.92. The summed E-state index contributed by atoms with van der Waals surface area (Å²) in [5.41, 5.74) is 7.83. The van der Waals surface area contributed by atoms with Crippen LogP contribution in [0.5, 0.6) is 0 Å². The van der Waals surface area contributed by atoms with Crippen LogP contribution in [0.1, 0.15) is 50.9 Å². The second-order valence-corrected chi connectivity index (χ2v) is 5.28. The van der Waals surface area contributed by atoms with Crippen LogP contribution in [0.2, 0.25) is 0 Å². The highest BCUT2D eigenvalue weighted by atomic mass is 16.5. The Bertz CT molecular complexity index is 442. The van der Waals surface area contributed by atoms with E-state index in [0.29, 0.717) is 17.9 Å². The van der Waals surface area contributed by atoms with E-state index in [4.69, 9.17) is 10.5 Å². The number of ether oxygens (including phenoxy) is 1. The van der Waals surface area contributed by atoms with Gasteiger partial charge in [0.05, 0.1) is 23.5 Å². The largest absolute Gasteiger partial charge is 0.462 e. The van der Waals surface area contributed by atoms with Gasteiger partial charge in [0.2, 0.25) is 0 Å². The lowest BCUT2D eigenvalue weighted by atomic mass is 9.98. The van der Waals surface area contributed by atoms with E-state index in [1.54, 1.807) is 25.1 Å². The highest BCUT2D eigenvalue weighted by Gasteiger charge is 2.18. The van der Waals surface area contributed by atoms with Crippen molar-refractivity contribution in [3.8, 4) is 0 Å². The molecule has 1 aromatic carbocycles. The number of nitrogen functional groups attached to an aromatic ring is 1. The van der Waals surface area contributed by atoms with Gasteiger partial charge in [-0.1, -0.05) is 13.3 Å². The molecule has 0 aliphatic heterocycles. The maximum Gasteiger partial charge on any atom is 0.338 e. The van der Waals surface area contributed by atoms with E-state index in [0.717, 1.165) is 18.5 Å². The van der Waals surface area contributed by atoms with Gasteiger partial charge in [-0.15, -0.1) is 0 Å². The van der Waals surface area contributed by atoms with Gasteiger partial charge in [-0.3, -0.25) is 0 Å². The molecule has 0 aliphatic carbocycles. The van der Waals surface area contributed by atoms with Crippen molar-refractivity contribution >= 4 is 17.3 Å². The first-order valence-corrected chi connectivity index (χ1v) is 6.74. The Morgan fingerprint density at radius 3 is 2.63 bits per heavy atom. The third kappa shape index (κ3) is 4.47. The first-order valence-electron chi connectivity index (χ1n) is 6.74. The molecule has 0 amide bonds. The van der Waals surface area contributed by atoms with Gasteiger partial charge in [0.25, 0.3) is 0 Å². The summed E-state index contributed by atoms with van der Waals surface area (Å²) >= 11 is 0. The molecule has 0 heterocycles. The number of hydrogen-bond donors (Lipinski definition) is 2. The first-order chi connectivity index (χ1) is 8.89. The number of nitrogens with two attached hydrogens (primary N) is 1. The van der Waals surface area contributed by atoms with Gasteiger partial charge in [0, 0.05) is 5.54 Å². The molecule has 0 atom stereocenters. The Morgan fingerprint density at radius 1 is 1.37 bits per heavy atom. The minimum Gasteiger partial charge on any atom is -0.462 e. The number of carbonyl (C=O) groups is 1. The molecule has 4 heteroatoms. The molecule has 4 nitrogen and oxygen atoms in total. The standard InChI is InChI=1S/C15H24N2O2/c1-5-9-15(3,4)17-13-10-11(7-8-12(13)16)14(18)19-6-2/h7-8,10,17H,5-6,9,16H2,1-4H3. The number of anilines is 2. The van der Waals surface area contributed by atoms with Crippen LogP contribution < -0.4 is 11.1 Å². The third-order valence-corrected chi connectivity index (χ3v) is 2.91. The molecule has 106 valence electrons. The van der Waals surface area contributed by atoms with Crippen molar-refractivity contribution in [2.24, 2.45) is 0 Å². The van der Waals surface area contributed by atoms with Gasteiger partial charge in [0.1, 0.15) is 0 Å². The number of benzene rings is 1. The van der Waals surface area contributed by atoms with E-state index in [-0.39, 0.29) is 11.5 Å². The maximum atomic E-state index is 11.7. The Labute approximate surface area is 115 Å². The molecule has 3 N–H and O–H groups in total. The topological polar surface area (TPSA) is 64.3 Å². The average Bonchev–Trinajstić information content (AvgIpc) is 2.31. The molecule has 0 saturated carbocycles. The van der Waals surface area contributed by atoms with Gasteiger partial charge >= 0.3 is 5.97 Å². The predicted molar refractivity (Wildman–Crippen MR) is 79.4 cm³/mol. The number of rotatable bonds is 6. The van der Waals surface area contributed by atoms with Crippen molar-refractivity contribution in [1.82, 2.24) is 0 Å². The van der Waals surface area contributed by atoms with E-state index < -0.39 is 0 Å². The summed E-state index contributed by atoms with van der Waals surface area (Å²) < 4.78 is 4.99. The Hall–Kier alpha value is -1.71. The fourth-order valence-corrected chi connectivity index (χ4v) is 2.06. The molecule has 1 aromatic rings. The summed E-state index contributed by atoms with van der Waals surface area (Å²) in [5, 5.41) is 3.39. The van der Waals surface area contributed by atoms with E-state index in [9.17, 15) is 4.79 Å². The van der Waals surface area contributed by atoms with Crippen molar-refractivity contribution in [2.45, 2.75) is 46.1 Å². The predicted octanol–water partition coefficient (Wildman–Crippen LogP) is 3.44. The third-order valence-electron chi connectivity index (χ3n) is 2.91. The molecule has 0 aromatic heterocycles. The van der Waals surface area contributed by atoms with Crippen molar-refractivity contribution in [3.05, 3.63) is 23.8 Å². The monoisotopic (exact) mass is 264 g/mol. The van der Waals surface area contributed by atoms with Crippen LogP contribution in [0, 0.1) is 0 Å². The molecule has 19 heavy (non-hydrogen) atoms. The number of nitrogens with one attached hydrogen (secondary N) is 1. The van der Waals surface area contributed by atoms with Gasteiger partial charge < -0.3 is 15.8 Å². The van der Waals surface area contributed by atoms with Crippen LogP contribution in [0.15, 0.2) is 18.2 Å². The normalized spacial score (nSPS) is 11.2. The second-order valence-electron chi connectivity index (χ2n) is 5.28. The summed E-state index contributed by atoms with van der Waals surface area (Å²) in [6.45, 7) is 8.54. The van der Waals surface area contributed by atoms with E-state index in [1.807, 2.05) is 0 Å². The Kier molecular flexibility index (Phi) is 5.21. The van der Waals surface area contributed by atoms with Crippen LogP contribution in [0.3, 0.4) is 0 Å². The maximum absolute atomic E-state index is 11.7. The number of esters is 1. The summed E-state index contributed by atoms with van der Waals surface area (Å²) in [6.07, 6.45) is 2.10.